The maximum absolute atomic E-state index is 5.62. The van der Waals surface area contributed by atoms with Crippen molar-refractivity contribution in [1.29, 1.82) is 0 Å². The highest BCUT2D eigenvalue weighted by molar-refractivity contribution is 5.37. The number of nitrogens with zero attached hydrogens (tertiary/aromatic N) is 3. The van der Waals surface area contributed by atoms with Crippen molar-refractivity contribution >= 4 is 11.8 Å². The van der Waals surface area contributed by atoms with E-state index in [1.165, 1.54) is 0 Å². The number of hydrogen-bond donors (Lipinski definition) is 2. The summed E-state index contributed by atoms with van der Waals surface area (Å²) in [5.41, 5.74) is 0. The highest BCUT2D eigenvalue weighted by Crippen LogP contribution is 2.16. The van der Waals surface area contributed by atoms with Crippen LogP contribution in [0.25, 0.3) is 0 Å². The molecule has 0 aliphatic heterocycles. The topological polar surface area (TPSA) is 81.2 Å². The number of rotatable bonds is 9. The summed E-state index contributed by atoms with van der Waals surface area (Å²) in [6.45, 7) is 4.05. The van der Waals surface area contributed by atoms with E-state index < -0.39 is 0 Å². The highest BCUT2D eigenvalue weighted by atomic mass is 16.5. The molecule has 0 atom stereocenters. The molecule has 2 aromatic rings. The Hall–Kier alpha value is -2.57. The summed E-state index contributed by atoms with van der Waals surface area (Å²) in [7, 11) is 1.64. The second-order valence-corrected chi connectivity index (χ2v) is 4.54. The van der Waals surface area contributed by atoms with Crippen LogP contribution in [0.4, 0.5) is 11.8 Å². The molecule has 0 aliphatic rings. The smallest absolute Gasteiger partial charge is 0.244 e. The third kappa shape index (κ3) is 5.08. The molecule has 0 aliphatic carbocycles. The molecule has 0 unspecified atom stereocenters. The molecule has 0 fully saturated rings. The normalized spacial score (nSPS) is 10.1. The maximum Gasteiger partial charge on any atom is 0.244 e. The lowest BCUT2D eigenvalue weighted by atomic mass is 10.3. The average molecular weight is 303 g/mol. The van der Waals surface area contributed by atoms with Crippen LogP contribution in [0.15, 0.2) is 30.5 Å². The van der Waals surface area contributed by atoms with Crippen LogP contribution in [-0.2, 0) is 0 Å². The molecule has 22 heavy (non-hydrogen) atoms. The molecule has 0 spiro atoms. The monoisotopic (exact) mass is 303 g/mol. The first-order chi connectivity index (χ1) is 10.8. The largest absolute Gasteiger partial charge is 0.497 e. The van der Waals surface area contributed by atoms with Gasteiger partial charge in [-0.05, 0) is 30.7 Å². The Morgan fingerprint density at radius 3 is 2.55 bits per heavy atom. The van der Waals surface area contributed by atoms with E-state index in [-0.39, 0.29) is 0 Å². The Kier molecular flexibility index (Phi) is 6.22. The first kappa shape index (κ1) is 15.8. The first-order valence-corrected chi connectivity index (χ1v) is 7.26. The number of aromatic nitrogens is 3. The Bertz CT molecular complexity index is 562. The van der Waals surface area contributed by atoms with Crippen LogP contribution in [0.3, 0.4) is 0 Å². The lowest BCUT2D eigenvalue weighted by Crippen LogP contribution is -2.14. The standard InChI is InChI=1S/C15H21N5O2/c1-3-8-17-15-19-14(11-18-20-15)16-9-10-22-13-6-4-12(21-2)5-7-13/h4-7,11H,3,8-10H2,1-2H3,(H2,16,17,19,20). The summed E-state index contributed by atoms with van der Waals surface area (Å²) < 4.78 is 10.7. The van der Waals surface area contributed by atoms with Gasteiger partial charge >= 0.3 is 0 Å². The molecule has 2 N–H and O–H groups in total. The minimum absolute atomic E-state index is 0.522. The molecule has 1 aromatic heterocycles. The molecule has 118 valence electrons. The van der Waals surface area contributed by atoms with Crippen LogP contribution in [0.5, 0.6) is 11.5 Å². The molecule has 7 heteroatoms. The molecule has 0 amide bonds. The van der Waals surface area contributed by atoms with Crippen molar-refractivity contribution in [3.63, 3.8) is 0 Å². The lowest BCUT2D eigenvalue weighted by molar-refractivity contribution is 0.331. The van der Waals surface area contributed by atoms with E-state index in [4.69, 9.17) is 9.47 Å². The van der Waals surface area contributed by atoms with Gasteiger partial charge in [-0.25, -0.2) is 0 Å². The summed E-state index contributed by atoms with van der Waals surface area (Å²) in [5.74, 6) is 2.81. The lowest BCUT2D eigenvalue weighted by Gasteiger charge is -2.09. The van der Waals surface area contributed by atoms with Gasteiger partial charge in [0.1, 0.15) is 18.1 Å². The predicted octanol–water partition coefficient (Wildman–Crippen LogP) is 2.19. The minimum atomic E-state index is 0.522. The fourth-order valence-electron chi connectivity index (χ4n) is 1.72. The van der Waals surface area contributed by atoms with Crippen molar-refractivity contribution in [2.45, 2.75) is 13.3 Å². The van der Waals surface area contributed by atoms with Crippen molar-refractivity contribution in [2.24, 2.45) is 0 Å². The number of nitrogens with one attached hydrogen (secondary N) is 2. The van der Waals surface area contributed by atoms with E-state index in [1.54, 1.807) is 13.3 Å². The number of ether oxygens (including phenoxy) is 2. The van der Waals surface area contributed by atoms with Gasteiger partial charge in [-0.15, -0.1) is 5.10 Å². The summed E-state index contributed by atoms with van der Waals surface area (Å²) in [6.07, 6.45) is 2.60. The fraction of sp³-hybridized carbons (Fsp3) is 0.400. The van der Waals surface area contributed by atoms with Crippen molar-refractivity contribution in [3.05, 3.63) is 30.5 Å². The number of methoxy groups -OCH3 is 1. The zero-order valence-electron chi connectivity index (χ0n) is 12.9. The van der Waals surface area contributed by atoms with Gasteiger partial charge in [0.05, 0.1) is 19.9 Å². The van der Waals surface area contributed by atoms with Gasteiger partial charge < -0.3 is 20.1 Å². The van der Waals surface area contributed by atoms with Crippen LogP contribution in [0.2, 0.25) is 0 Å². The van der Waals surface area contributed by atoms with Crippen molar-refractivity contribution in [2.75, 3.05) is 37.4 Å². The average Bonchev–Trinajstić information content (AvgIpc) is 2.58. The van der Waals surface area contributed by atoms with Crippen LogP contribution in [0.1, 0.15) is 13.3 Å². The van der Waals surface area contributed by atoms with E-state index in [2.05, 4.69) is 32.7 Å². The van der Waals surface area contributed by atoms with Crippen LogP contribution < -0.4 is 20.1 Å². The Morgan fingerprint density at radius 1 is 1.05 bits per heavy atom. The molecule has 2 rings (SSSR count). The predicted molar refractivity (Wildman–Crippen MR) is 85.6 cm³/mol. The van der Waals surface area contributed by atoms with Crippen LogP contribution in [-0.4, -0.2) is 42.0 Å². The molecular weight excluding hydrogens is 282 g/mol. The molecular formula is C15H21N5O2. The molecule has 0 saturated heterocycles. The molecule has 1 heterocycles. The summed E-state index contributed by atoms with van der Waals surface area (Å²) in [4.78, 5) is 4.31. The van der Waals surface area contributed by atoms with Crippen LogP contribution >= 0.6 is 0 Å². The Morgan fingerprint density at radius 2 is 1.82 bits per heavy atom. The van der Waals surface area contributed by atoms with Gasteiger partial charge in [-0.2, -0.15) is 10.1 Å². The van der Waals surface area contributed by atoms with Crippen molar-refractivity contribution in [3.8, 4) is 11.5 Å². The summed E-state index contributed by atoms with van der Waals surface area (Å²) in [5, 5.41) is 14.1. The molecule has 1 aromatic carbocycles. The quantitative estimate of drug-likeness (QED) is 0.687. The van der Waals surface area contributed by atoms with Crippen molar-refractivity contribution < 1.29 is 9.47 Å². The van der Waals surface area contributed by atoms with E-state index >= 15 is 0 Å². The zero-order chi connectivity index (χ0) is 15.6. The van der Waals surface area contributed by atoms with E-state index in [1.807, 2.05) is 24.3 Å². The highest BCUT2D eigenvalue weighted by Gasteiger charge is 2.00. The third-order valence-electron chi connectivity index (χ3n) is 2.83. The number of hydrogen-bond acceptors (Lipinski definition) is 7. The molecule has 0 radical (unpaired) electrons. The Labute approximate surface area is 130 Å². The van der Waals surface area contributed by atoms with Gasteiger partial charge in [0.15, 0.2) is 5.82 Å². The Balaban J connectivity index is 1.73. The number of benzene rings is 1. The molecule has 0 saturated carbocycles. The third-order valence-corrected chi connectivity index (χ3v) is 2.83. The van der Waals surface area contributed by atoms with Crippen molar-refractivity contribution in [1.82, 2.24) is 15.2 Å². The summed E-state index contributed by atoms with van der Waals surface area (Å²) in [6, 6.07) is 7.47. The van der Waals surface area contributed by atoms with E-state index in [9.17, 15) is 0 Å². The first-order valence-electron chi connectivity index (χ1n) is 7.26. The van der Waals surface area contributed by atoms with Gasteiger partial charge in [-0.3, -0.25) is 0 Å². The second kappa shape index (κ2) is 8.66. The minimum Gasteiger partial charge on any atom is -0.497 e. The van der Waals surface area contributed by atoms with Gasteiger partial charge in [-0.1, -0.05) is 6.92 Å². The summed E-state index contributed by atoms with van der Waals surface area (Å²) >= 11 is 0. The molecule has 7 nitrogen and oxygen atoms in total. The van der Waals surface area contributed by atoms with E-state index in [0.717, 1.165) is 24.5 Å². The number of anilines is 2. The van der Waals surface area contributed by atoms with Gasteiger partial charge in [0, 0.05) is 6.54 Å². The van der Waals surface area contributed by atoms with Gasteiger partial charge in [0.25, 0.3) is 0 Å². The fourth-order valence-corrected chi connectivity index (χ4v) is 1.72. The maximum atomic E-state index is 5.62. The van der Waals surface area contributed by atoms with Gasteiger partial charge in [0.2, 0.25) is 5.95 Å². The second-order valence-electron chi connectivity index (χ2n) is 4.54. The van der Waals surface area contributed by atoms with E-state index in [0.29, 0.717) is 24.9 Å². The van der Waals surface area contributed by atoms with Crippen LogP contribution in [0, 0.1) is 0 Å². The molecule has 0 bridgehead atoms. The SMILES string of the molecule is CCCNc1nncc(NCCOc2ccc(OC)cc2)n1. The zero-order valence-corrected chi connectivity index (χ0v) is 12.9.